The van der Waals surface area contributed by atoms with E-state index in [1.807, 2.05) is 24.3 Å². The lowest BCUT2D eigenvalue weighted by Gasteiger charge is -2.14. The Kier molecular flexibility index (Phi) is 1.32. The highest BCUT2D eigenvalue weighted by molar-refractivity contribution is 5.42. The Balaban J connectivity index is 2.42. The molecule has 1 heterocycles. The van der Waals surface area contributed by atoms with Crippen LogP contribution in [0.4, 0.5) is 0 Å². The van der Waals surface area contributed by atoms with Gasteiger partial charge in [0.15, 0.2) is 11.5 Å². The van der Waals surface area contributed by atoms with Crippen LogP contribution in [0, 0.1) is 6.92 Å². The Hall–Kier alpha value is -1.44. The molecule has 2 heteroatoms. The van der Waals surface area contributed by atoms with Gasteiger partial charge in [-0.1, -0.05) is 12.1 Å². The molecule has 1 aromatic rings. The van der Waals surface area contributed by atoms with Crippen molar-refractivity contribution in [2.45, 2.75) is 0 Å². The number of para-hydroxylation sites is 2. The SMILES string of the molecule is [CH2]C1=COc2ccccc2O1. The number of benzene rings is 1. The molecule has 1 aromatic carbocycles. The van der Waals surface area contributed by atoms with E-state index >= 15 is 0 Å². The molecule has 2 rings (SSSR count). The van der Waals surface area contributed by atoms with Crippen LogP contribution in [0.15, 0.2) is 36.3 Å². The zero-order chi connectivity index (χ0) is 7.68. The van der Waals surface area contributed by atoms with Crippen molar-refractivity contribution in [1.82, 2.24) is 0 Å². The van der Waals surface area contributed by atoms with Crippen molar-refractivity contribution < 1.29 is 9.47 Å². The van der Waals surface area contributed by atoms with Gasteiger partial charge in [0, 0.05) is 6.92 Å². The standard InChI is InChI=1S/C9H7O2/c1-7-6-10-8-4-2-3-5-9(8)11-7/h2-6H,1H2. The minimum Gasteiger partial charge on any atom is -0.458 e. The van der Waals surface area contributed by atoms with E-state index in [-0.39, 0.29) is 0 Å². The highest BCUT2D eigenvalue weighted by Crippen LogP contribution is 2.31. The fraction of sp³-hybridized carbons (Fsp3) is 0. The molecule has 0 aromatic heterocycles. The van der Waals surface area contributed by atoms with Gasteiger partial charge >= 0.3 is 0 Å². The summed E-state index contributed by atoms with van der Waals surface area (Å²) in [5.74, 6) is 1.99. The summed E-state index contributed by atoms with van der Waals surface area (Å²) in [5.41, 5.74) is 0. The van der Waals surface area contributed by atoms with Crippen LogP contribution in [0.1, 0.15) is 0 Å². The van der Waals surface area contributed by atoms with Gasteiger partial charge in [0.1, 0.15) is 12.0 Å². The van der Waals surface area contributed by atoms with Crippen molar-refractivity contribution in [3.05, 3.63) is 43.2 Å². The van der Waals surface area contributed by atoms with E-state index < -0.39 is 0 Å². The average molecular weight is 147 g/mol. The molecule has 2 nitrogen and oxygen atoms in total. The fourth-order valence-electron chi connectivity index (χ4n) is 0.926. The zero-order valence-electron chi connectivity index (χ0n) is 5.91. The molecule has 0 bridgehead atoms. The van der Waals surface area contributed by atoms with Crippen LogP contribution in [0.5, 0.6) is 11.5 Å². The quantitative estimate of drug-likeness (QED) is 0.559. The maximum Gasteiger partial charge on any atom is 0.169 e. The summed E-state index contributed by atoms with van der Waals surface area (Å²) in [4.78, 5) is 0. The van der Waals surface area contributed by atoms with Crippen LogP contribution in [0.2, 0.25) is 0 Å². The molecule has 0 saturated carbocycles. The van der Waals surface area contributed by atoms with Crippen molar-refractivity contribution >= 4 is 0 Å². The molecule has 0 atom stereocenters. The fourth-order valence-corrected chi connectivity index (χ4v) is 0.926. The number of hydrogen-bond acceptors (Lipinski definition) is 2. The lowest BCUT2D eigenvalue weighted by atomic mass is 10.3. The molecule has 0 fully saturated rings. The number of allylic oxidation sites excluding steroid dienone is 1. The third-order valence-electron chi connectivity index (χ3n) is 1.41. The van der Waals surface area contributed by atoms with E-state index in [9.17, 15) is 0 Å². The van der Waals surface area contributed by atoms with Gasteiger partial charge in [0.05, 0.1) is 0 Å². The van der Waals surface area contributed by atoms with Crippen LogP contribution in [0.3, 0.4) is 0 Å². The second kappa shape index (κ2) is 2.31. The average Bonchev–Trinajstić information content (AvgIpc) is 2.04. The van der Waals surface area contributed by atoms with Gasteiger partial charge in [0.25, 0.3) is 0 Å². The van der Waals surface area contributed by atoms with Crippen LogP contribution >= 0.6 is 0 Å². The first-order chi connectivity index (χ1) is 5.36. The van der Waals surface area contributed by atoms with E-state index in [1.165, 1.54) is 6.26 Å². The summed E-state index contributed by atoms with van der Waals surface area (Å²) in [5, 5.41) is 0. The third-order valence-corrected chi connectivity index (χ3v) is 1.41. The summed E-state index contributed by atoms with van der Waals surface area (Å²) in [6.45, 7) is 3.61. The Morgan fingerprint density at radius 3 is 2.64 bits per heavy atom. The summed E-state index contributed by atoms with van der Waals surface area (Å²) < 4.78 is 10.4. The van der Waals surface area contributed by atoms with Crippen molar-refractivity contribution in [1.29, 1.82) is 0 Å². The second-order valence-corrected chi connectivity index (χ2v) is 2.25. The predicted octanol–water partition coefficient (Wildman–Crippen LogP) is 2.13. The van der Waals surface area contributed by atoms with Crippen LogP contribution in [-0.2, 0) is 0 Å². The molecule has 0 unspecified atom stereocenters. The van der Waals surface area contributed by atoms with Gasteiger partial charge in [-0.3, -0.25) is 0 Å². The Morgan fingerprint density at radius 1 is 1.09 bits per heavy atom. The van der Waals surface area contributed by atoms with Crippen LogP contribution in [0.25, 0.3) is 0 Å². The van der Waals surface area contributed by atoms with Gasteiger partial charge in [-0.2, -0.15) is 0 Å². The molecule has 0 spiro atoms. The number of fused-ring (bicyclic) bond motifs is 1. The lowest BCUT2D eigenvalue weighted by molar-refractivity contribution is 0.337. The molecular formula is C9H7O2. The molecular weight excluding hydrogens is 140 g/mol. The van der Waals surface area contributed by atoms with E-state index in [2.05, 4.69) is 6.92 Å². The summed E-state index contributed by atoms with van der Waals surface area (Å²) in [7, 11) is 0. The smallest absolute Gasteiger partial charge is 0.169 e. The van der Waals surface area contributed by atoms with Crippen molar-refractivity contribution in [3.8, 4) is 11.5 Å². The van der Waals surface area contributed by atoms with Crippen molar-refractivity contribution in [2.24, 2.45) is 0 Å². The van der Waals surface area contributed by atoms with Gasteiger partial charge in [0.2, 0.25) is 0 Å². The summed E-state index contributed by atoms with van der Waals surface area (Å²) >= 11 is 0. The van der Waals surface area contributed by atoms with Crippen LogP contribution < -0.4 is 9.47 Å². The molecule has 0 aliphatic carbocycles. The maximum absolute atomic E-state index is 5.26. The maximum atomic E-state index is 5.26. The topological polar surface area (TPSA) is 18.5 Å². The number of ether oxygens (including phenoxy) is 2. The molecule has 1 radical (unpaired) electrons. The van der Waals surface area contributed by atoms with E-state index in [0.29, 0.717) is 5.76 Å². The van der Waals surface area contributed by atoms with E-state index in [1.54, 1.807) is 0 Å². The lowest BCUT2D eigenvalue weighted by Crippen LogP contribution is -2.01. The van der Waals surface area contributed by atoms with E-state index in [0.717, 1.165) is 11.5 Å². The molecule has 0 N–H and O–H groups in total. The monoisotopic (exact) mass is 147 g/mol. The minimum absolute atomic E-state index is 0.531. The Labute approximate surface area is 65.1 Å². The van der Waals surface area contributed by atoms with Gasteiger partial charge < -0.3 is 9.47 Å². The molecule has 0 amide bonds. The summed E-state index contributed by atoms with van der Waals surface area (Å²) in [6, 6.07) is 7.47. The van der Waals surface area contributed by atoms with Crippen molar-refractivity contribution in [2.75, 3.05) is 0 Å². The van der Waals surface area contributed by atoms with Gasteiger partial charge in [-0.25, -0.2) is 0 Å². The number of hydrogen-bond donors (Lipinski definition) is 0. The normalized spacial score (nSPS) is 14.1. The number of rotatable bonds is 0. The van der Waals surface area contributed by atoms with Crippen molar-refractivity contribution in [3.63, 3.8) is 0 Å². The first-order valence-electron chi connectivity index (χ1n) is 3.32. The Morgan fingerprint density at radius 2 is 1.82 bits per heavy atom. The van der Waals surface area contributed by atoms with Crippen LogP contribution in [-0.4, -0.2) is 0 Å². The molecule has 1 aliphatic heterocycles. The first-order valence-corrected chi connectivity index (χ1v) is 3.32. The van der Waals surface area contributed by atoms with Gasteiger partial charge in [-0.15, -0.1) is 0 Å². The highest BCUT2D eigenvalue weighted by Gasteiger charge is 2.08. The first kappa shape index (κ1) is 6.28. The molecule has 0 saturated heterocycles. The zero-order valence-corrected chi connectivity index (χ0v) is 5.91. The largest absolute Gasteiger partial charge is 0.458 e. The molecule has 11 heavy (non-hydrogen) atoms. The minimum atomic E-state index is 0.531. The Bertz CT molecular complexity index is 302. The van der Waals surface area contributed by atoms with E-state index in [4.69, 9.17) is 9.47 Å². The van der Waals surface area contributed by atoms with Gasteiger partial charge in [-0.05, 0) is 12.1 Å². The predicted molar refractivity (Wildman–Crippen MR) is 41.1 cm³/mol. The second-order valence-electron chi connectivity index (χ2n) is 2.25. The molecule has 55 valence electrons. The highest BCUT2D eigenvalue weighted by atomic mass is 16.6. The summed E-state index contributed by atoms with van der Waals surface area (Å²) in [6.07, 6.45) is 1.49. The molecule has 1 aliphatic rings. The third kappa shape index (κ3) is 1.07.